The number of rotatable bonds is 6. The van der Waals surface area contributed by atoms with E-state index >= 15 is 0 Å². The summed E-state index contributed by atoms with van der Waals surface area (Å²) in [4.78, 5) is 21.9. The van der Waals surface area contributed by atoms with E-state index < -0.39 is 23.3 Å². The van der Waals surface area contributed by atoms with Gasteiger partial charge in [0.25, 0.3) is 5.91 Å². The lowest BCUT2D eigenvalue weighted by molar-refractivity contribution is 0.0850. The van der Waals surface area contributed by atoms with Crippen LogP contribution in [0, 0.1) is 0 Å². The molecule has 6 N–H and O–H groups in total. The average molecular weight is 427 g/mol. The largest absolute Gasteiger partial charge is 0.375 e. The number of hydrogen-bond acceptors (Lipinski definition) is 8. The van der Waals surface area contributed by atoms with E-state index in [0.29, 0.717) is 34.2 Å². The topological polar surface area (TPSA) is 140 Å². The second-order valence-corrected chi connectivity index (χ2v) is 7.82. The van der Waals surface area contributed by atoms with E-state index in [-0.39, 0.29) is 5.91 Å². The summed E-state index contributed by atoms with van der Waals surface area (Å²) in [5.74, 6) is 0.437. The first-order valence-corrected chi connectivity index (χ1v) is 10.4. The Hall–Kier alpha value is -3.12. The van der Waals surface area contributed by atoms with Crippen molar-refractivity contribution < 1.29 is 14.1 Å². The van der Waals surface area contributed by atoms with E-state index in [1.54, 1.807) is 25.2 Å². The molecule has 1 saturated heterocycles. The Morgan fingerprint density at radius 1 is 1.13 bits per heavy atom. The Kier molecular flexibility index (Phi) is 5.86. The Labute approximate surface area is 175 Å². The molecule has 0 radical (unpaired) electrons. The van der Waals surface area contributed by atoms with Gasteiger partial charge < -0.3 is 15.7 Å². The number of aliphatic hydroxyl groups is 1. The lowest BCUT2D eigenvalue weighted by Gasteiger charge is -2.15. The zero-order chi connectivity index (χ0) is 21.1. The van der Waals surface area contributed by atoms with Gasteiger partial charge in [0.05, 0.1) is 22.0 Å². The fraction of sp³-hybridized carbons (Fsp3) is 0.211. The highest BCUT2D eigenvalue weighted by Gasteiger charge is 2.26. The Bertz CT molecular complexity index is 1110. The number of hydrazine groups is 1. The van der Waals surface area contributed by atoms with Crippen LogP contribution in [0.3, 0.4) is 0 Å². The molecule has 0 saturated carbocycles. The van der Waals surface area contributed by atoms with Crippen molar-refractivity contribution in [2.45, 2.75) is 17.2 Å². The van der Waals surface area contributed by atoms with Gasteiger partial charge in [0.15, 0.2) is 22.6 Å². The summed E-state index contributed by atoms with van der Waals surface area (Å²) >= 11 is 0. The zero-order valence-electron chi connectivity index (χ0n) is 16.0. The molecule has 3 atom stereocenters. The first kappa shape index (κ1) is 20.2. The number of nitrogens with zero attached hydrogens (tertiary/aromatic N) is 2. The molecule has 11 heteroatoms. The minimum atomic E-state index is -1.67. The summed E-state index contributed by atoms with van der Waals surface area (Å²) in [6, 6.07) is 13.4. The van der Waals surface area contributed by atoms with E-state index in [1.807, 2.05) is 24.3 Å². The summed E-state index contributed by atoms with van der Waals surface area (Å²) in [6.45, 7) is 0.396. The van der Waals surface area contributed by atoms with Crippen molar-refractivity contribution in [1.29, 1.82) is 0 Å². The summed E-state index contributed by atoms with van der Waals surface area (Å²) in [5, 5.41) is 15.4. The SMILES string of the molecule is CNc1nc2ccccc2nc1NS(=O)c1cccc(C(=O)NC2CNNC2O)c1. The number of hydrogen-bond donors (Lipinski definition) is 6. The average Bonchev–Trinajstić information content (AvgIpc) is 3.17. The molecular weight excluding hydrogens is 406 g/mol. The quantitative estimate of drug-likeness (QED) is 0.331. The van der Waals surface area contributed by atoms with E-state index in [2.05, 4.69) is 36.2 Å². The maximum absolute atomic E-state index is 12.9. The molecule has 3 aromatic rings. The van der Waals surface area contributed by atoms with Crippen LogP contribution in [0.1, 0.15) is 10.4 Å². The molecule has 1 fully saturated rings. The van der Waals surface area contributed by atoms with Crippen molar-refractivity contribution in [3.8, 4) is 0 Å². The number of fused-ring (bicyclic) bond motifs is 1. The molecule has 0 bridgehead atoms. The molecule has 2 aromatic carbocycles. The van der Waals surface area contributed by atoms with Gasteiger partial charge in [-0.15, -0.1) is 0 Å². The molecule has 0 aliphatic carbocycles. The number of carbonyl (C=O) groups excluding carboxylic acids is 1. The molecule has 1 aliphatic heterocycles. The van der Waals surface area contributed by atoms with Crippen LogP contribution in [0.5, 0.6) is 0 Å². The van der Waals surface area contributed by atoms with Gasteiger partial charge in [0.2, 0.25) is 0 Å². The number of carbonyl (C=O) groups is 1. The van der Waals surface area contributed by atoms with Crippen LogP contribution in [-0.2, 0) is 11.0 Å². The number of anilines is 2. The van der Waals surface area contributed by atoms with Crippen LogP contribution < -0.4 is 26.2 Å². The highest BCUT2D eigenvalue weighted by atomic mass is 32.2. The smallest absolute Gasteiger partial charge is 0.251 e. The van der Waals surface area contributed by atoms with Crippen molar-refractivity contribution in [1.82, 2.24) is 26.1 Å². The molecule has 3 unspecified atom stereocenters. The first-order valence-electron chi connectivity index (χ1n) is 9.25. The van der Waals surface area contributed by atoms with E-state index in [0.717, 1.165) is 5.52 Å². The molecule has 30 heavy (non-hydrogen) atoms. The third kappa shape index (κ3) is 4.24. The monoisotopic (exact) mass is 427 g/mol. The predicted molar refractivity (Wildman–Crippen MR) is 114 cm³/mol. The molecule has 0 spiro atoms. The Morgan fingerprint density at radius 3 is 2.53 bits per heavy atom. The van der Waals surface area contributed by atoms with E-state index in [9.17, 15) is 14.1 Å². The van der Waals surface area contributed by atoms with Crippen LogP contribution in [-0.4, -0.2) is 51.1 Å². The normalized spacial score (nSPS) is 19.4. The molecule has 1 aliphatic rings. The number of aromatic nitrogens is 2. The fourth-order valence-corrected chi connectivity index (χ4v) is 3.88. The van der Waals surface area contributed by atoms with Crippen molar-refractivity contribution in [3.05, 3.63) is 54.1 Å². The van der Waals surface area contributed by atoms with Gasteiger partial charge in [-0.05, 0) is 30.3 Å². The Morgan fingerprint density at radius 2 is 1.87 bits per heavy atom. The lowest BCUT2D eigenvalue weighted by atomic mass is 10.2. The van der Waals surface area contributed by atoms with Crippen LogP contribution in [0.25, 0.3) is 11.0 Å². The molecule has 4 rings (SSSR count). The van der Waals surface area contributed by atoms with E-state index in [1.165, 1.54) is 6.07 Å². The molecule has 156 valence electrons. The second kappa shape index (κ2) is 8.71. The summed E-state index contributed by atoms with van der Waals surface area (Å²) in [6.07, 6.45) is -0.876. The van der Waals surface area contributed by atoms with Crippen molar-refractivity contribution in [2.75, 3.05) is 23.6 Å². The van der Waals surface area contributed by atoms with Gasteiger partial charge in [0, 0.05) is 19.2 Å². The zero-order valence-corrected chi connectivity index (χ0v) is 16.9. The van der Waals surface area contributed by atoms with Gasteiger partial charge in [-0.25, -0.2) is 19.6 Å². The van der Waals surface area contributed by atoms with Crippen molar-refractivity contribution >= 4 is 39.6 Å². The van der Waals surface area contributed by atoms with Crippen LogP contribution in [0.15, 0.2) is 53.4 Å². The number of aliphatic hydroxyl groups excluding tert-OH is 1. The molecule has 2 heterocycles. The van der Waals surface area contributed by atoms with Crippen LogP contribution >= 0.6 is 0 Å². The maximum atomic E-state index is 12.9. The van der Waals surface area contributed by atoms with Crippen LogP contribution in [0.2, 0.25) is 0 Å². The third-order valence-corrected chi connectivity index (χ3v) is 5.64. The van der Waals surface area contributed by atoms with E-state index in [4.69, 9.17) is 0 Å². The first-order chi connectivity index (χ1) is 14.5. The lowest BCUT2D eigenvalue weighted by Crippen LogP contribution is -2.44. The van der Waals surface area contributed by atoms with Crippen molar-refractivity contribution in [2.24, 2.45) is 0 Å². The van der Waals surface area contributed by atoms with Gasteiger partial charge >= 0.3 is 0 Å². The maximum Gasteiger partial charge on any atom is 0.251 e. The molecule has 10 nitrogen and oxygen atoms in total. The summed E-state index contributed by atoms with van der Waals surface area (Å²) < 4.78 is 15.8. The number of amides is 1. The summed E-state index contributed by atoms with van der Waals surface area (Å²) in [7, 11) is 0.0339. The van der Waals surface area contributed by atoms with Gasteiger partial charge in [-0.3, -0.25) is 14.9 Å². The minimum Gasteiger partial charge on any atom is -0.375 e. The predicted octanol–water partition coefficient (Wildman–Crippen LogP) is 0.331. The summed E-state index contributed by atoms with van der Waals surface area (Å²) in [5.41, 5.74) is 7.11. The highest BCUT2D eigenvalue weighted by Crippen LogP contribution is 2.22. The van der Waals surface area contributed by atoms with Crippen molar-refractivity contribution in [3.63, 3.8) is 0 Å². The standard InChI is InChI=1S/C19H21N7O3S/c1-20-16-17(23-14-8-3-2-7-13(14)22-16)26-30(29)12-6-4-5-11(9-12)18(27)24-15-10-21-25-19(15)28/h2-9,15,19,21,25,28H,10H2,1H3,(H,20,22)(H,23,26)(H,24,27). The fourth-order valence-electron chi connectivity index (χ4n) is 3.01. The molecule has 1 aromatic heterocycles. The number of nitrogens with one attached hydrogen (secondary N) is 5. The van der Waals surface area contributed by atoms with Gasteiger partial charge in [-0.1, -0.05) is 18.2 Å². The number of para-hydroxylation sites is 2. The Balaban J connectivity index is 1.53. The van der Waals surface area contributed by atoms with Gasteiger partial charge in [0.1, 0.15) is 6.23 Å². The van der Waals surface area contributed by atoms with Gasteiger partial charge in [-0.2, -0.15) is 0 Å². The highest BCUT2D eigenvalue weighted by molar-refractivity contribution is 7.86. The molecular formula is C19H21N7O3S. The second-order valence-electron chi connectivity index (χ2n) is 6.61. The number of benzene rings is 2. The minimum absolute atomic E-state index is 0.334. The molecule has 1 amide bonds. The van der Waals surface area contributed by atoms with Crippen LogP contribution in [0.4, 0.5) is 11.6 Å². The third-order valence-electron chi connectivity index (χ3n) is 4.58.